The van der Waals surface area contributed by atoms with Crippen LogP contribution < -0.4 is 16.0 Å². The molecule has 2 amide bonds. The second-order valence-corrected chi connectivity index (χ2v) is 8.23. The number of primary amides is 1. The molecule has 3 aromatic rings. The maximum atomic E-state index is 12.6. The van der Waals surface area contributed by atoms with Gasteiger partial charge in [0.1, 0.15) is 10.6 Å². The minimum atomic E-state index is -4.08. The highest BCUT2D eigenvalue weighted by Gasteiger charge is 2.22. The molecule has 10 heteroatoms. The van der Waals surface area contributed by atoms with Gasteiger partial charge in [-0.2, -0.15) is 0 Å². The van der Waals surface area contributed by atoms with Crippen molar-refractivity contribution < 1.29 is 18.0 Å². The molecule has 3 rings (SSSR count). The average Bonchev–Trinajstić information content (AvgIpc) is 3.21. The van der Waals surface area contributed by atoms with Gasteiger partial charge in [-0.15, -0.1) is 4.83 Å². The zero-order valence-corrected chi connectivity index (χ0v) is 16.9. The van der Waals surface area contributed by atoms with Crippen LogP contribution >= 0.6 is 0 Å². The Morgan fingerprint density at radius 3 is 2.31 bits per heavy atom. The molecule has 0 aliphatic carbocycles. The summed E-state index contributed by atoms with van der Waals surface area (Å²) in [6, 6.07) is 12.3. The largest absolute Gasteiger partial charge is 0.364 e. The van der Waals surface area contributed by atoms with E-state index in [1.54, 1.807) is 13.0 Å². The van der Waals surface area contributed by atoms with Crippen molar-refractivity contribution in [2.75, 3.05) is 0 Å². The Hall–Kier alpha value is -3.37. The Bertz CT molecular complexity index is 1190. The molecule has 0 bridgehead atoms. The third-order valence-corrected chi connectivity index (χ3v) is 5.75. The predicted octanol–water partition coefficient (Wildman–Crippen LogP) is 1.15. The molecule has 0 spiro atoms. The summed E-state index contributed by atoms with van der Waals surface area (Å²) in [5.41, 5.74) is 10.2. The van der Waals surface area contributed by atoms with E-state index in [9.17, 15) is 18.0 Å². The number of rotatable bonds is 6. The van der Waals surface area contributed by atoms with Crippen LogP contribution in [0.15, 0.2) is 53.6 Å². The number of nitrogens with two attached hydrogens (primary N) is 1. The lowest BCUT2D eigenvalue weighted by molar-refractivity contribution is 0.0943. The summed E-state index contributed by atoms with van der Waals surface area (Å²) < 4.78 is 28.1. The average molecular weight is 415 g/mol. The first-order valence-electron chi connectivity index (χ1n) is 8.64. The molecule has 2 heterocycles. The number of amides is 2. The molecule has 29 heavy (non-hydrogen) atoms. The van der Waals surface area contributed by atoms with Crippen LogP contribution in [-0.2, 0) is 17.1 Å². The highest BCUT2D eigenvalue weighted by molar-refractivity contribution is 7.89. The molecule has 0 aliphatic rings. The van der Waals surface area contributed by atoms with E-state index in [0.717, 1.165) is 17.4 Å². The number of benzene rings is 1. The normalized spacial score (nSPS) is 11.4. The monoisotopic (exact) mass is 415 g/mol. The molecule has 0 radical (unpaired) electrons. The first-order valence-corrected chi connectivity index (χ1v) is 10.1. The smallest absolute Gasteiger partial charge is 0.268 e. The van der Waals surface area contributed by atoms with Crippen molar-refractivity contribution in [3.05, 3.63) is 71.3 Å². The van der Waals surface area contributed by atoms with E-state index in [0.29, 0.717) is 11.3 Å². The Kier molecular flexibility index (Phi) is 5.31. The quantitative estimate of drug-likeness (QED) is 0.522. The predicted molar refractivity (Wildman–Crippen MR) is 107 cm³/mol. The van der Waals surface area contributed by atoms with Crippen molar-refractivity contribution in [3.63, 3.8) is 0 Å². The van der Waals surface area contributed by atoms with Crippen LogP contribution in [0.5, 0.6) is 0 Å². The van der Waals surface area contributed by atoms with Crippen LogP contribution in [0.4, 0.5) is 0 Å². The molecular formula is C19H21N5O4S. The Morgan fingerprint density at radius 1 is 1.07 bits per heavy atom. The van der Waals surface area contributed by atoms with Crippen molar-refractivity contribution in [2.24, 2.45) is 12.8 Å². The fourth-order valence-corrected chi connectivity index (χ4v) is 4.04. The molecule has 4 N–H and O–H groups in total. The minimum Gasteiger partial charge on any atom is -0.364 e. The lowest BCUT2D eigenvalue weighted by atomic mass is 10.2. The number of sulfonamides is 1. The van der Waals surface area contributed by atoms with Crippen LogP contribution in [0.25, 0.3) is 5.69 Å². The van der Waals surface area contributed by atoms with E-state index in [1.165, 1.54) is 17.8 Å². The van der Waals surface area contributed by atoms with E-state index < -0.39 is 21.8 Å². The van der Waals surface area contributed by atoms with Crippen LogP contribution in [0.3, 0.4) is 0 Å². The summed E-state index contributed by atoms with van der Waals surface area (Å²) in [6.07, 6.45) is 1.23. The topological polar surface area (TPSA) is 128 Å². The van der Waals surface area contributed by atoms with Crippen LogP contribution in [-0.4, -0.2) is 29.4 Å². The molecule has 0 atom stereocenters. The lowest BCUT2D eigenvalue weighted by Crippen LogP contribution is -2.41. The van der Waals surface area contributed by atoms with Gasteiger partial charge in [-0.25, -0.2) is 8.42 Å². The molecule has 0 saturated carbocycles. The number of aryl methyl sites for hydroxylation is 2. The third kappa shape index (κ3) is 3.93. The summed E-state index contributed by atoms with van der Waals surface area (Å²) in [5.74, 6) is -1.36. The van der Waals surface area contributed by atoms with Crippen molar-refractivity contribution in [1.29, 1.82) is 0 Å². The molecule has 9 nitrogen and oxygen atoms in total. The number of nitrogens with zero attached hydrogens (tertiary/aromatic N) is 2. The standard InChI is InChI=1S/C19H21N5O4S/c1-12-9-16(13(2)24(12)14-7-5-4-6-8-14)19(26)21-22-29(27,28)15-10-17(18(20)25)23(3)11-15/h4-11,22H,1-3H3,(H2,20,25)(H,21,26). The van der Waals surface area contributed by atoms with E-state index in [1.807, 2.05) is 46.7 Å². The molecule has 152 valence electrons. The summed E-state index contributed by atoms with van der Waals surface area (Å²) in [5, 5.41) is 0. The van der Waals surface area contributed by atoms with Crippen molar-refractivity contribution in [1.82, 2.24) is 19.4 Å². The number of hydrogen-bond acceptors (Lipinski definition) is 4. The number of aromatic nitrogens is 2. The minimum absolute atomic E-state index is 0.0307. The SMILES string of the molecule is Cc1cc(C(=O)NNS(=O)(=O)c2cc(C(N)=O)n(C)c2)c(C)n1-c1ccccc1. The summed E-state index contributed by atoms with van der Waals surface area (Å²) in [4.78, 5) is 25.8. The molecule has 0 fully saturated rings. The van der Waals surface area contributed by atoms with Gasteiger partial charge in [0.15, 0.2) is 0 Å². The summed E-state index contributed by atoms with van der Waals surface area (Å²) in [7, 11) is -2.59. The van der Waals surface area contributed by atoms with E-state index in [4.69, 9.17) is 5.73 Å². The van der Waals surface area contributed by atoms with Gasteiger partial charge in [-0.3, -0.25) is 15.0 Å². The fourth-order valence-electron chi connectivity index (χ4n) is 3.13. The highest BCUT2D eigenvalue weighted by Crippen LogP contribution is 2.20. The van der Waals surface area contributed by atoms with Crippen LogP contribution in [0.2, 0.25) is 0 Å². The van der Waals surface area contributed by atoms with Gasteiger partial charge in [0.2, 0.25) is 0 Å². The maximum absolute atomic E-state index is 12.6. The molecule has 1 aromatic carbocycles. The second kappa shape index (κ2) is 7.57. The van der Waals surface area contributed by atoms with Crippen LogP contribution in [0.1, 0.15) is 32.2 Å². The highest BCUT2D eigenvalue weighted by atomic mass is 32.2. The number of para-hydroxylation sites is 1. The number of carbonyl (C=O) groups is 2. The Morgan fingerprint density at radius 2 is 1.72 bits per heavy atom. The van der Waals surface area contributed by atoms with Gasteiger partial charge < -0.3 is 14.9 Å². The van der Waals surface area contributed by atoms with Gasteiger partial charge in [-0.1, -0.05) is 18.2 Å². The maximum Gasteiger partial charge on any atom is 0.268 e. The Labute approximate surface area is 168 Å². The number of carbonyl (C=O) groups excluding carboxylic acids is 2. The number of nitrogens with one attached hydrogen (secondary N) is 2. The van der Waals surface area contributed by atoms with E-state index >= 15 is 0 Å². The van der Waals surface area contributed by atoms with Gasteiger partial charge in [-0.05, 0) is 38.1 Å². The van der Waals surface area contributed by atoms with E-state index in [2.05, 4.69) is 5.43 Å². The molecule has 0 aliphatic heterocycles. The van der Waals surface area contributed by atoms with Crippen molar-refractivity contribution >= 4 is 21.8 Å². The zero-order chi connectivity index (χ0) is 21.3. The number of hydrazine groups is 1. The molecular weight excluding hydrogens is 394 g/mol. The van der Waals surface area contributed by atoms with Crippen molar-refractivity contribution in [3.8, 4) is 5.69 Å². The first-order chi connectivity index (χ1) is 13.6. The van der Waals surface area contributed by atoms with Gasteiger partial charge in [0.05, 0.1) is 5.56 Å². The van der Waals surface area contributed by atoms with E-state index in [-0.39, 0.29) is 10.6 Å². The number of hydrogen-bond donors (Lipinski definition) is 3. The van der Waals surface area contributed by atoms with Gasteiger partial charge >= 0.3 is 0 Å². The Balaban J connectivity index is 1.81. The first kappa shape index (κ1) is 20.4. The van der Waals surface area contributed by atoms with Gasteiger partial charge in [0.25, 0.3) is 21.8 Å². The van der Waals surface area contributed by atoms with Crippen LogP contribution in [0, 0.1) is 13.8 Å². The van der Waals surface area contributed by atoms with Crippen molar-refractivity contribution in [2.45, 2.75) is 18.7 Å². The van der Waals surface area contributed by atoms with Gasteiger partial charge in [0, 0.05) is 30.3 Å². The molecule has 0 unspecified atom stereocenters. The fraction of sp³-hybridized carbons (Fsp3) is 0.158. The molecule has 2 aromatic heterocycles. The third-order valence-electron chi connectivity index (χ3n) is 4.53. The summed E-state index contributed by atoms with van der Waals surface area (Å²) in [6.45, 7) is 3.63. The molecule has 0 saturated heterocycles. The zero-order valence-electron chi connectivity index (χ0n) is 16.1. The summed E-state index contributed by atoms with van der Waals surface area (Å²) >= 11 is 0. The lowest BCUT2D eigenvalue weighted by Gasteiger charge is -2.10. The second-order valence-electron chi connectivity index (χ2n) is 6.55.